The molecule has 2 fully saturated rings. The molecular formula is C10H17O2P. The molecule has 0 bridgehead atoms. The first-order valence-corrected chi connectivity index (χ1v) is 5.67. The maximum Gasteiger partial charge on any atom is 0.315 e. The molecule has 1 saturated carbocycles. The zero-order valence-corrected chi connectivity index (χ0v) is 9.24. The Kier molecular flexibility index (Phi) is 2.35. The molecular weight excluding hydrogens is 183 g/mol. The molecule has 4 unspecified atom stereocenters. The average molecular weight is 200 g/mol. The van der Waals surface area contributed by atoms with Gasteiger partial charge in [-0.3, -0.25) is 4.79 Å². The fraction of sp³-hybridized carbons (Fsp3) is 0.900. The normalized spacial score (nSPS) is 45.2. The van der Waals surface area contributed by atoms with Crippen molar-refractivity contribution in [2.24, 2.45) is 5.92 Å². The molecule has 1 saturated heterocycles. The minimum atomic E-state index is -0.321. The molecule has 4 atom stereocenters. The zero-order valence-electron chi connectivity index (χ0n) is 8.08. The van der Waals surface area contributed by atoms with Crippen LogP contribution in [0.1, 0.15) is 39.0 Å². The van der Waals surface area contributed by atoms with Gasteiger partial charge < -0.3 is 4.74 Å². The van der Waals surface area contributed by atoms with Crippen LogP contribution in [0, 0.1) is 5.92 Å². The number of esters is 1. The summed E-state index contributed by atoms with van der Waals surface area (Å²) < 4.78 is 5.45. The van der Waals surface area contributed by atoms with E-state index in [1.54, 1.807) is 0 Å². The van der Waals surface area contributed by atoms with Crippen molar-refractivity contribution in [3.05, 3.63) is 0 Å². The molecule has 0 amide bonds. The largest absolute Gasteiger partial charge is 0.461 e. The van der Waals surface area contributed by atoms with Crippen molar-refractivity contribution < 1.29 is 9.53 Å². The highest BCUT2D eigenvalue weighted by Gasteiger charge is 2.43. The third kappa shape index (κ3) is 1.74. The van der Waals surface area contributed by atoms with Gasteiger partial charge in [-0.2, -0.15) is 0 Å². The van der Waals surface area contributed by atoms with E-state index in [0.717, 1.165) is 12.8 Å². The SMILES string of the molecule is CC1(P)CC2CCCCC2OC1=O. The summed E-state index contributed by atoms with van der Waals surface area (Å²) in [6.07, 6.45) is 6.07. The molecule has 74 valence electrons. The Morgan fingerprint density at radius 2 is 2.15 bits per heavy atom. The summed E-state index contributed by atoms with van der Waals surface area (Å²) >= 11 is 0. The first kappa shape index (κ1) is 9.45. The second-order valence-corrected chi connectivity index (χ2v) is 5.88. The van der Waals surface area contributed by atoms with Crippen molar-refractivity contribution in [3.63, 3.8) is 0 Å². The van der Waals surface area contributed by atoms with E-state index >= 15 is 0 Å². The predicted molar refractivity (Wildman–Crippen MR) is 54.6 cm³/mol. The summed E-state index contributed by atoms with van der Waals surface area (Å²) in [7, 11) is 2.64. The van der Waals surface area contributed by atoms with E-state index in [9.17, 15) is 4.79 Å². The Labute approximate surface area is 81.6 Å². The average Bonchev–Trinajstić information content (AvgIpc) is 2.06. The lowest BCUT2D eigenvalue weighted by molar-refractivity contribution is -0.164. The Morgan fingerprint density at radius 1 is 1.46 bits per heavy atom. The number of carbonyl (C=O) groups is 1. The minimum absolute atomic E-state index is 0.0272. The van der Waals surface area contributed by atoms with Gasteiger partial charge in [-0.1, -0.05) is 6.42 Å². The van der Waals surface area contributed by atoms with E-state index in [1.807, 2.05) is 6.92 Å². The van der Waals surface area contributed by atoms with Crippen molar-refractivity contribution >= 4 is 15.2 Å². The Balaban J connectivity index is 2.10. The molecule has 1 aliphatic carbocycles. The summed E-state index contributed by atoms with van der Waals surface area (Å²) in [5, 5.41) is -0.321. The van der Waals surface area contributed by atoms with Gasteiger partial charge in [-0.05, 0) is 38.5 Å². The molecule has 0 N–H and O–H groups in total. The molecule has 1 heterocycles. The third-order valence-corrected chi connectivity index (χ3v) is 3.72. The highest BCUT2D eigenvalue weighted by Crippen LogP contribution is 2.41. The number of fused-ring (bicyclic) bond motifs is 1. The lowest BCUT2D eigenvalue weighted by atomic mass is 9.78. The van der Waals surface area contributed by atoms with E-state index in [2.05, 4.69) is 9.24 Å². The van der Waals surface area contributed by atoms with Crippen LogP contribution < -0.4 is 0 Å². The van der Waals surface area contributed by atoms with Crippen LogP contribution in [-0.2, 0) is 9.53 Å². The maximum atomic E-state index is 11.5. The summed E-state index contributed by atoms with van der Waals surface area (Å²) in [6, 6.07) is 0. The fourth-order valence-electron chi connectivity index (χ4n) is 2.46. The predicted octanol–water partition coefficient (Wildman–Crippen LogP) is 2.13. The van der Waals surface area contributed by atoms with Crippen LogP contribution in [0.25, 0.3) is 0 Å². The monoisotopic (exact) mass is 200 g/mol. The molecule has 2 rings (SSSR count). The van der Waals surface area contributed by atoms with Crippen LogP contribution >= 0.6 is 9.24 Å². The van der Waals surface area contributed by atoms with Gasteiger partial charge in [0.2, 0.25) is 0 Å². The molecule has 0 radical (unpaired) electrons. The van der Waals surface area contributed by atoms with Crippen LogP contribution in [0.4, 0.5) is 0 Å². The van der Waals surface area contributed by atoms with E-state index < -0.39 is 0 Å². The van der Waals surface area contributed by atoms with Crippen molar-refractivity contribution in [1.82, 2.24) is 0 Å². The third-order valence-electron chi connectivity index (χ3n) is 3.25. The number of carbonyl (C=O) groups excluding carboxylic acids is 1. The van der Waals surface area contributed by atoms with Gasteiger partial charge >= 0.3 is 5.97 Å². The minimum Gasteiger partial charge on any atom is -0.461 e. The van der Waals surface area contributed by atoms with Crippen molar-refractivity contribution in [2.45, 2.75) is 50.3 Å². The first-order valence-electron chi connectivity index (χ1n) is 5.09. The fourth-order valence-corrected chi connectivity index (χ4v) is 2.83. The summed E-state index contributed by atoms with van der Waals surface area (Å²) in [5.41, 5.74) is 0. The van der Waals surface area contributed by atoms with Gasteiger partial charge in [0.1, 0.15) is 6.10 Å². The summed E-state index contributed by atoms with van der Waals surface area (Å²) in [6.45, 7) is 1.96. The first-order chi connectivity index (χ1) is 6.09. The highest BCUT2D eigenvalue weighted by molar-refractivity contribution is 7.20. The highest BCUT2D eigenvalue weighted by atomic mass is 31.0. The van der Waals surface area contributed by atoms with Crippen LogP contribution in [-0.4, -0.2) is 17.2 Å². The quantitative estimate of drug-likeness (QED) is 0.442. The van der Waals surface area contributed by atoms with Crippen LogP contribution in [0.5, 0.6) is 0 Å². The topological polar surface area (TPSA) is 26.3 Å². The van der Waals surface area contributed by atoms with Crippen LogP contribution in [0.2, 0.25) is 0 Å². The molecule has 0 spiro atoms. The Morgan fingerprint density at radius 3 is 2.92 bits per heavy atom. The number of hydrogen-bond donors (Lipinski definition) is 0. The lowest BCUT2D eigenvalue weighted by Crippen LogP contribution is -2.46. The van der Waals surface area contributed by atoms with Crippen molar-refractivity contribution in [2.75, 3.05) is 0 Å². The molecule has 3 heteroatoms. The van der Waals surface area contributed by atoms with Gasteiger partial charge in [0.15, 0.2) is 0 Å². The summed E-state index contributed by atoms with van der Waals surface area (Å²) in [4.78, 5) is 11.5. The standard InChI is InChI=1S/C10H17O2P/c1-10(13)6-7-4-2-3-5-8(7)12-9(10)11/h7-8H,2-6,13H2,1H3. The second kappa shape index (κ2) is 3.24. The lowest BCUT2D eigenvalue weighted by Gasteiger charge is -2.41. The molecule has 2 aliphatic rings. The molecule has 0 aromatic heterocycles. The van der Waals surface area contributed by atoms with Gasteiger partial charge in [0.05, 0.1) is 5.16 Å². The van der Waals surface area contributed by atoms with E-state index in [0.29, 0.717) is 5.92 Å². The maximum absolute atomic E-state index is 11.5. The van der Waals surface area contributed by atoms with Gasteiger partial charge in [-0.25, -0.2) is 0 Å². The van der Waals surface area contributed by atoms with Crippen molar-refractivity contribution in [3.8, 4) is 0 Å². The number of ether oxygens (including phenoxy) is 1. The van der Waals surface area contributed by atoms with Crippen LogP contribution in [0.15, 0.2) is 0 Å². The number of rotatable bonds is 0. The molecule has 0 aromatic carbocycles. The Hall–Kier alpha value is -0.100. The second-order valence-electron chi connectivity index (χ2n) is 4.61. The molecule has 0 aromatic rings. The molecule has 1 aliphatic heterocycles. The van der Waals surface area contributed by atoms with E-state index in [1.165, 1.54) is 19.3 Å². The van der Waals surface area contributed by atoms with Gasteiger partial charge in [0, 0.05) is 0 Å². The van der Waals surface area contributed by atoms with E-state index in [4.69, 9.17) is 4.74 Å². The van der Waals surface area contributed by atoms with Gasteiger partial charge in [-0.15, -0.1) is 9.24 Å². The zero-order chi connectivity index (χ0) is 9.47. The molecule has 2 nitrogen and oxygen atoms in total. The number of hydrogen-bond acceptors (Lipinski definition) is 2. The molecule has 13 heavy (non-hydrogen) atoms. The van der Waals surface area contributed by atoms with E-state index in [-0.39, 0.29) is 17.2 Å². The van der Waals surface area contributed by atoms with Crippen molar-refractivity contribution in [1.29, 1.82) is 0 Å². The smallest absolute Gasteiger partial charge is 0.315 e. The van der Waals surface area contributed by atoms with Crippen LogP contribution in [0.3, 0.4) is 0 Å². The summed E-state index contributed by atoms with van der Waals surface area (Å²) in [5.74, 6) is 0.592. The Bertz CT molecular complexity index is 225. The van der Waals surface area contributed by atoms with Gasteiger partial charge in [0.25, 0.3) is 0 Å².